The van der Waals surface area contributed by atoms with Gasteiger partial charge < -0.3 is 10.2 Å². The minimum atomic E-state index is -0.453. The lowest BCUT2D eigenvalue weighted by Crippen LogP contribution is -2.48. The van der Waals surface area contributed by atoms with E-state index in [0.717, 1.165) is 43.9 Å². The maximum Gasteiger partial charge on any atom is 0.324 e. The molecule has 0 bridgehead atoms. The number of rotatable bonds is 4. The van der Waals surface area contributed by atoms with Crippen molar-refractivity contribution in [3.05, 3.63) is 56.5 Å². The van der Waals surface area contributed by atoms with Crippen molar-refractivity contribution < 1.29 is 9.72 Å². The number of carbonyl (C=O) groups is 1. The zero-order chi connectivity index (χ0) is 18.1. The molecule has 9 heteroatoms. The van der Waals surface area contributed by atoms with Gasteiger partial charge in [-0.25, -0.2) is 0 Å². The summed E-state index contributed by atoms with van der Waals surface area (Å²) in [5.74, 6) is -0.106. The number of anilines is 1. The van der Waals surface area contributed by atoms with Crippen molar-refractivity contribution >= 4 is 40.3 Å². The van der Waals surface area contributed by atoms with E-state index < -0.39 is 4.92 Å². The van der Waals surface area contributed by atoms with Crippen LogP contribution in [0.3, 0.4) is 0 Å². The molecule has 0 radical (unpaired) electrons. The molecule has 2 aromatic rings. The van der Waals surface area contributed by atoms with E-state index in [1.54, 1.807) is 11.0 Å². The lowest BCUT2D eigenvalue weighted by molar-refractivity contribution is -0.380. The van der Waals surface area contributed by atoms with Crippen LogP contribution in [0.2, 0.25) is 0 Å². The Labute approximate surface area is 167 Å². The molecule has 1 aromatic heterocycles. The van der Waals surface area contributed by atoms with Crippen LogP contribution in [-0.2, 0) is 13.0 Å². The molecule has 2 aliphatic rings. The van der Waals surface area contributed by atoms with Gasteiger partial charge in [0.05, 0.1) is 9.80 Å². The van der Waals surface area contributed by atoms with Crippen molar-refractivity contribution in [2.75, 3.05) is 38.0 Å². The molecule has 1 amide bonds. The molecule has 0 saturated carbocycles. The molecule has 1 saturated heterocycles. The second-order valence-electron chi connectivity index (χ2n) is 6.59. The molecule has 3 heterocycles. The number of benzene rings is 1. The highest BCUT2D eigenvalue weighted by molar-refractivity contribution is 7.17. The number of halogens is 1. The zero-order valence-corrected chi connectivity index (χ0v) is 16.4. The normalized spacial score (nSPS) is 16.4. The minimum Gasteiger partial charge on any atom is -0.384 e. The zero-order valence-electron chi connectivity index (χ0n) is 14.7. The third-order valence-electron chi connectivity index (χ3n) is 4.97. The standard InChI is InChI=1S/C18H20N4O3S.ClH/c23-18(15-4-5-16(26-15)22(24)25)21-10-8-20(9-11-21)12-14-3-1-2-13-6-7-19-17(13)14;/h1-5,19H,6-12H2;1H. The Bertz CT molecular complexity index is 849. The van der Waals surface area contributed by atoms with Gasteiger partial charge in [0.1, 0.15) is 0 Å². The van der Waals surface area contributed by atoms with Crippen molar-refractivity contribution in [3.8, 4) is 0 Å². The first-order valence-corrected chi connectivity index (χ1v) is 9.54. The fourth-order valence-electron chi connectivity index (χ4n) is 3.59. The average Bonchev–Trinajstić information content (AvgIpc) is 3.32. The number of thiophene rings is 1. The first-order valence-electron chi connectivity index (χ1n) is 8.72. The number of fused-ring (bicyclic) bond motifs is 1. The summed E-state index contributed by atoms with van der Waals surface area (Å²) in [6.07, 6.45) is 1.08. The van der Waals surface area contributed by atoms with Crippen LogP contribution in [0.1, 0.15) is 20.8 Å². The number of hydrogen-bond donors (Lipinski definition) is 1. The highest BCUT2D eigenvalue weighted by Gasteiger charge is 2.25. The number of para-hydroxylation sites is 1. The third kappa shape index (κ3) is 4.07. The Balaban J connectivity index is 0.00000210. The first kappa shape index (κ1) is 19.6. The van der Waals surface area contributed by atoms with Crippen LogP contribution in [0.25, 0.3) is 0 Å². The number of nitrogens with zero attached hydrogens (tertiary/aromatic N) is 3. The molecule has 2 aliphatic heterocycles. The molecular formula is C18H21ClN4O3S. The van der Waals surface area contributed by atoms with Gasteiger partial charge in [-0.05, 0) is 23.6 Å². The number of nitrogens with one attached hydrogen (secondary N) is 1. The lowest BCUT2D eigenvalue weighted by Gasteiger charge is -2.34. The largest absolute Gasteiger partial charge is 0.384 e. The van der Waals surface area contributed by atoms with E-state index in [4.69, 9.17) is 0 Å². The highest BCUT2D eigenvalue weighted by atomic mass is 35.5. The summed E-state index contributed by atoms with van der Waals surface area (Å²) in [4.78, 5) is 27.5. The lowest BCUT2D eigenvalue weighted by atomic mass is 10.1. The van der Waals surface area contributed by atoms with Crippen LogP contribution < -0.4 is 5.32 Å². The van der Waals surface area contributed by atoms with Crippen molar-refractivity contribution in [1.29, 1.82) is 0 Å². The molecule has 0 aliphatic carbocycles. The summed E-state index contributed by atoms with van der Waals surface area (Å²) in [5.41, 5.74) is 3.97. The van der Waals surface area contributed by atoms with Crippen molar-refractivity contribution in [2.24, 2.45) is 0 Å². The predicted octanol–water partition coefficient (Wildman–Crippen LogP) is 3.00. The topological polar surface area (TPSA) is 78.7 Å². The Kier molecular flexibility index (Phi) is 5.98. The third-order valence-corrected chi connectivity index (χ3v) is 5.99. The molecule has 144 valence electrons. The molecule has 1 N–H and O–H groups in total. The molecular weight excluding hydrogens is 388 g/mol. The van der Waals surface area contributed by atoms with Gasteiger partial charge >= 0.3 is 5.00 Å². The summed E-state index contributed by atoms with van der Waals surface area (Å²) in [5, 5.41) is 14.3. The first-order chi connectivity index (χ1) is 12.6. The Morgan fingerprint density at radius 2 is 1.96 bits per heavy atom. The number of carbonyl (C=O) groups excluding carboxylic acids is 1. The van der Waals surface area contributed by atoms with E-state index in [1.165, 1.54) is 22.9 Å². The van der Waals surface area contributed by atoms with Crippen LogP contribution in [-0.4, -0.2) is 53.4 Å². The summed E-state index contributed by atoms with van der Waals surface area (Å²) in [6, 6.07) is 9.41. The van der Waals surface area contributed by atoms with Gasteiger partial charge in [0.15, 0.2) is 0 Å². The van der Waals surface area contributed by atoms with Crippen LogP contribution in [0.4, 0.5) is 10.7 Å². The van der Waals surface area contributed by atoms with Gasteiger partial charge in [0.2, 0.25) is 0 Å². The molecule has 27 heavy (non-hydrogen) atoms. The minimum absolute atomic E-state index is 0. The quantitative estimate of drug-likeness (QED) is 0.621. The fourth-order valence-corrected chi connectivity index (χ4v) is 4.38. The van der Waals surface area contributed by atoms with Gasteiger partial charge in [0, 0.05) is 51.0 Å². The van der Waals surface area contributed by atoms with E-state index in [2.05, 4.69) is 28.4 Å². The van der Waals surface area contributed by atoms with Crippen molar-refractivity contribution in [1.82, 2.24) is 9.80 Å². The molecule has 7 nitrogen and oxygen atoms in total. The van der Waals surface area contributed by atoms with Crippen LogP contribution in [0.15, 0.2) is 30.3 Å². The van der Waals surface area contributed by atoms with E-state index in [-0.39, 0.29) is 23.3 Å². The van der Waals surface area contributed by atoms with Crippen molar-refractivity contribution in [2.45, 2.75) is 13.0 Å². The van der Waals surface area contributed by atoms with Crippen molar-refractivity contribution in [3.63, 3.8) is 0 Å². The maximum absolute atomic E-state index is 12.5. The van der Waals surface area contributed by atoms with E-state index in [0.29, 0.717) is 18.0 Å². The SMILES string of the molecule is Cl.O=C(c1ccc([N+](=O)[O-])s1)N1CCN(Cc2cccc3c2NCC3)CC1. The number of hydrogen-bond acceptors (Lipinski definition) is 6. The number of nitro groups is 1. The summed E-state index contributed by atoms with van der Waals surface area (Å²) in [6.45, 7) is 4.79. The average molecular weight is 409 g/mol. The van der Waals surface area contributed by atoms with Crippen LogP contribution in [0, 0.1) is 10.1 Å². The molecule has 1 aromatic carbocycles. The summed E-state index contributed by atoms with van der Waals surface area (Å²) < 4.78 is 0. The Hall–Kier alpha value is -2.16. The second kappa shape index (κ2) is 8.24. The van der Waals surface area contributed by atoms with Crippen LogP contribution >= 0.6 is 23.7 Å². The van der Waals surface area contributed by atoms with E-state index in [9.17, 15) is 14.9 Å². The molecule has 4 rings (SSSR count). The van der Waals surface area contributed by atoms with E-state index >= 15 is 0 Å². The van der Waals surface area contributed by atoms with Gasteiger partial charge in [-0.2, -0.15) is 0 Å². The smallest absolute Gasteiger partial charge is 0.324 e. The van der Waals surface area contributed by atoms with Crippen LogP contribution in [0.5, 0.6) is 0 Å². The molecule has 0 spiro atoms. The van der Waals surface area contributed by atoms with Gasteiger partial charge in [0.25, 0.3) is 5.91 Å². The Morgan fingerprint density at radius 1 is 1.19 bits per heavy atom. The molecule has 0 unspecified atom stereocenters. The van der Waals surface area contributed by atoms with E-state index in [1.807, 2.05) is 0 Å². The summed E-state index contributed by atoms with van der Waals surface area (Å²) >= 11 is 0.947. The number of piperazine rings is 1. The van der Waals surface area contributed by atoms with Gasteiger partial charge in [-0.1, -0.05) is 29.5 Å². The Morgan fingerprint density at radius 3 is 2.67 bits per heavy atom. The van der Waals surface area contributed by atoms with Gasteiger partial charge in [-0.3, -0.25) is 19.8 Å². The number of amides is 1. The maximum atomic E-state index is 12.5. The second-order valence-corrected chi connectivity index (χ2v) is 7.65. The summed E-state index contributed by atoms with van der Waals surface area (Å²) in [7, 11) is 0. The predicted molar refractivity (Wildman–Crippen MR) is 108 cm³/mol. The monoisotopic (exact) mass is 408 g/mol. The highest BCUT2D eigenvalue weighted by Crippen LogP contribution is 2.28. The fraction of sp³-hybridized carbons (Fsp3) is 0.389. The molecule has 0 atom stereocenters. The van der Waals surface area contributed by atoms with Gasteiger partial charge in [-0.15, -0.1) is 12.4 Å². The molecule has 1 fully saturated rings.